The highest BCUT2D eigenvalue weighted by Crippen LogP contribution is 1.99. The molecule has 0 radical (unpaired) electrons. The number of likely N-dealkylation sites (N-methyl/N-ethyl adjacent to an activating group) is 1. The highest BCUT2D eigenvalue weighted by molar-refractivity contribution is 5.80. The molecule has 16 heteroatoms. The van der Waals surface area contributed by atoms with E-state index in [-0.39, 0.29) is 96.0 Å². The van der Waals surface area contributed by atoms with Crippen molar-refractivity contribution in [2.75, 3.05) is 79.5 Å². The molecule has 0 aromatic heterocycles. The zero-order valence-electron chi connectivity index (χ0n) is 23.2. The van der Waals surface area contributed by atoms with E-state index in [9.17, 15) is 24.0 Å². The van der Waals surface area contributed by atoms with E-state index in [2.05, 4.69) is 21.3 Å². The van der Waals surface area contributed by atoms with Crippen LogP contribution in [0.4, 0.5) is 0 Å². The zero-order chi connectivity index (χ0) is 30.0. The summed E-state index contributed by atoms with van der Waals surface area (Å²) in [7, 11) is 1.68. The molecule has 40 heavy (non-hydrogen) atoms. The first kappa shape index (κ1) is 37.1. The number of amides is 4. The van der Waals surface area contributed by atoms with Gasteiger partial charge < -0.3 is 56.8 Å². The molecule has 0 saturated heterocycles. The van der Waals surface area contributed by atoms with Crippen LogP contribution in [0.5, 0.6) is 0 Å². The van der Waals surface area contributed by atoms with Crippen LogP contribution in [0, 0.1) is 0 Å². The van der Waals surface area contributed by atoms with E-state index < -0.39 is 17.9 Å². The summed E-state index contributed by atoms with van der Waals surface area (Å²) in [6, 6.07) is -1.42. The third-order valence-corrected chi connectivity index (χ3v) is 5.28. The Bertz CT molecular complexity index is 743. The molecule has 0 heterocycles. The minimum atomic E-state index is -1.15. The van der Waals surface area contributed by atoms with Crippen LogP contribution in [0.15, 0.2) is 0 Å². The van der Waals surface area contributed by atoms with Crippen LogP contribution in [0.25, 0.3) is 0 Å². The summed E-state index contributed by atoms with van der Waals surface area (Å²) in [5.41, 5.74) is 10.6. The van der Waals surface area contributed by atoms with Crippen molar-refractivity contribution in [2.24, 2.45) is 11.5 Å². The van der Waals surface area contributed by atoms with Gasteiger partial charge >= 0.3 is 5.97 Å². The lowest BCUT2D eigenvalue weighted by Crippen LogP contribution is -2.39. The van der Waals surface area contributed by atoms with Gasteiger partial charge in [0.15, 0.2) is 0 Å². The van der Waals surface area contributed by atoms with Crippen LogP contribution in [0.2, 0.25) is 0 Å². The normalized spacial score (nSPS) is 12.3. The van der Waals surface area contributed by atoms with E-state index in [1.807, 2.05) is 0 Å². The molecule has 0 saturated carbocycles. The molecule has 4 amide bonds. The molecule has 0 aromatic rings. The third-order valence-electron chi connectivity index (χ3n) is 5.28. The van der Waals surface area contributed by atoms with Gasteiger partial charge in [-0.1, -0.05) is 0 Å². The summed E-state index contributed by atoms with van der Waals surface area (Å²) >= 11 is 0. The van der Waals surface area contributed by atoms with Crippen LogP contribution in [0.1, 0.15) is 32.1 Å². The quantitative estimate of drug-likeness (QED) is 0.0478. The Morgan fingerprint density at radius 2 is 1.20 bits per heavy atom. The Hall–Kier alpha value is -2.89. The standard InChI is InChI=1S/C24H46N6O10/c1-27-19(23(26)34)4-2-3-7-28-21(32)16-39-14-13-38-11-9-30-22(33)17-40-15-12-37-10-8-29-20(31)6-5-18(25)24(35)36/h18-19,27H,2-17,25H2,1H3,(H2,26,34)(H,28,32)(H,29,31)(H,30,33)(H,35,36)/t18-,19?/m0/s1. The van der Waals surface area contributed by atoms with Gasteiger partial charge in [0.1, 0.15) is 19.3 Å². The molecule has 2 atom stereocenters. The molecule has 0 spiro atoms. The second-order valence-corrected chi connectivity index (χ2v) is 8.60. The summed E-state index contributed by atoms with van der Waals surface area (Å²) in [5.74, 6) is -2.39. The number of ether oxygens (including phenoxy) is 4. The van der Waals surface area contributed by atoms with Crippen molar-refractivity contribution in [1.82, 2.24) is 21.3 Å². The topological polar surface area (TPSA) is 243 Å². The van der Waals surface area contributed by atoms with Gasteiger partial charge in [-0.25, -0.2) is 0 Å². The first-order valence-corrected chi connectivity index (χ1v) is 13.2. The van der Waals surface area contributed by atoms with Crippen LogP contribution in [-0.2, 0) is 42.9 Å². The molecule has 0 aliphatic heterocycles. The summed E-state index contributed by atoms with van der Waals surface area (Å²) in [4.78, 5) is 56.6. The third kappa shape index (κ3) is 23.0. The van der Waals surface area contributed by atoms with Gasteiger partial charge in [-0.3, -0.25) is 24.0 Å². The number of hydrogen-bond donors (Lipinski definition) is 7. The lowest BCUT2D eigenvalue weighted by Gasteiger charge is -2.12. The number of nitrogens with one attached hydrogen (secondary N) is 4. The van der Waals surface area contributed by atoms with Gasteiger partial charge in [0.2, 0.25) is 23.6 Å². The number of carboxylic acids is 1. The van der Waals surface area contributed by atoms with Gasteiger partial charge in [0.25, 0.3) is 0 Å². The zero-order valence-corrected chi connectivity index (χ0v) is 23.2. The van der Waals surface area contributed by atoms with Crippen molar-refractivity contribution in [3.63, 3.8) is 0 Å². The van der Waals surface area contributed by atoms with E-state index >= 15 is 0 Å². The second kappa shape index (κ2) is 25.1. The summed E-state index contributed by atoms with van der Waals surface area (Å²) in [6.45, 7) is 2.28. The number of carboxylic acid groups (broad SMARTS) is 1. The SMILES string of the molecule is CNC(CCCCNC(=O)COCCOCCNC(=O)COCCOCCNC(=O)CC[C@H](N)C(=O)O)C(N)=O. The maximum atomic E-state index is 11.7. The predicted octanol–water partition coefficient (Wildman–Crippen LogP) is -3.16. The number of rotatable bonds is 27. The largest absolute Gasteiger partial charge is 0.480 e. The number of carbonyl (C=O) groups is 5. The molecule has 0 aromatic carbocycles. The minimum Gasteiger partial charge on any atom is -0.480 e. The first-order valence-electron chi connectivity index (χ1n) is 13.2. The van der Waals surface area contributed by atoms with Crippen molar-refractivity contribution >= 4 is 29.6 Å². The number of aliphatic carboxylic acids is 1. The molecular weight excluding hydrogens is 532 g/mol. The molecule has 0 aliphatic rings. The number of carbonyl (C=O) groups excluding carboxylic acids is 4. The van der Waals surface area contributed by atoms with Crippen LogP contribution in [-0.4, -0.2) is 126 Å². The fraction of sp³-hybridized carbons (Fsp3) is 0.792. The summed E-state index contributed by atoms with van der Waals surface area (Å²) in [6.07, 6.45) is 2.16. The minimum absolute atomic E-state index is 0.0188. The summed E-state index contributed by atoms with van der Waals surface area (Å²) < 4.78 is 21.0. The molecule has 1 unspecified atom stereocenters. The Balaban J connectivity index is 3.44. The van der Waals surface area contributed by atoms with Crippen molar-refractivity contribution in [3.8, 4) is 0 Å². The molecule has 0 rings (SSSR count). The van der Waals surface area contributed by atoms with E-state index in [1.54, 1.807) is 7.05 Å². The molecule has 232 valence electrons. The lowest BCUT2D eigenvalue weighted by molar-refractivity contribution is -0.138. The van der Waals surface area contributed by atoms with Crippen molar-refractivity contribution in [2.45, 2.75) is 44.2 Å². The second-order valence-electron chi connectivity index (χ2n) is 8.60. The van der Waals surface area contributed by atoms with Crippen molar-refractivity contribution in [1.29, 1.82) is 0 Å². The average Bonchev–Trinajstić information content (AvgIpc) is 2.91. The molecular formula is C24H46N6O10. The predicted molar refractivity (Wildman–Crippen MR) is 143 cm³/mol. The Morgan fingerprint density at radius 3 is 1.70 bits per heavy atom. The van der Waals surface area contributed by atoms with E-state index in [0.29, 0.717) is 19.5 Å². The van der Waals surface area contributed by atoms with E-state index in [1.165, 1.54) is 0 Å². The maximum absolute atomic E-state index is 11.7. The molecule has 0 bridgehead atoms. The van der Waals surface area contributed by atoms with E-state index in [0.717, 1.165) is 12.8 Å². The first-order chi connectivity index (χ1) is 19.2. The molecule has 16 nitrogen and oxygen atoms in total. The fourth-order valence-corrected chi connectivity index (χ4v) is 3.03. The molecule has 9 N–H and O–H groups in total. The maximum Gasteiger partial charge on any atom is 0.320 e. The van der Waals surface area contributed by atoms with Gasteiger partial charge in [0, 0.05) is 26.1 Å². The number of nitrogens with two attached hydrogens (primary N) is 2. The fourth-order valence-electron chi connectivity index (χ4n) is 3.03. The Morgan fingerprint density at radius 1 is 0.700 bits per heavy atom. The number of primary amides is 1. The Labute approximate surface area is 234 Å². The molecule has 0 aliphatic carbocycles. The molecule has 0 fully saturated rings. The van der Waals surface area contributed by atoms with Crippen molar-refractivity contribution in [3.05, 3.63) is 0 Å². The smallest absolute Gasteiger partial charge is 0.320 e. The van der Waals surface area contributed by atoms with Gasteiger partial charge in [-0.15, -0.1) is 0 Å². The summed E-state index contributed by atoms with van der Waals surface area (Å²) in [5, 5.41) is 19.5. The number of hydrogen-bond acceptors (Lipinski definition) is 11. The average molecular weight is 579 g/mol. The van der Waals surface area contributed by atoms with E-state index in [4.69, 9.17) is 35.5 Å². The van der Waals surface area contributed by atoms with Gasteiger partial charge in [-0.2, -0.15) is 0 Å². The van der Waals surface area contributed by atoms with Crippen LogP contribution < -0.4 is 32.7 Å². The van der Waals surface area contributed by atoms with Gasteiger partial charge in [0.05, 0.1) is 45.7 Å². The van der Waals surface area contributed by atoms with Crippen LogP contribution in [0.3, 0.4) is 0 Å². The lowest BCUT2D eigenvalue weighted by atomic mass is 10.1. The van der Waals surface area contributed by atoms with Crippen molar-refractivity contribution < 1.29 is 48.0 Å². The highest BCUT2D eigenvalue weighted by atomic mass is 16.5. The van der Waals surface area contributed by atoms with Crippen LogP contribution >= 0.6 is 0 Å². The highest BCUT2D eigenvalue weighted by Gasteiger charge is 2.13. The Kier molecular flexibility index (Phi) is 23.3. The monoisotopic (exact) mass is 578 g/mol. The van der Waals surface area contributed by atoms with Gasteiger partial charge in [-0.05, 0) is 32.7 Å². The number of unbranched alkanes of at least 4 members (excludes halogenated alkanes) is 1.